The fraction of sp³-hybridized carbons (Fsp3) is 1.00. The van der Waals surface area contributed by atoms with Crippen LogP contribution in [0, 0.1) is 17.3 Å². The van der Waals surface area contributed by atoms with Crippen LogP contribution in [-0.4, -0.2) is 26.5 Å². The van der Waals surface area contributed by atoms with Gasteiger partial charge in [0.2, 0.25) is 0 Å². The molecule has 0 bridgehead atoms. The van der Waals surface area contributed by atoms with Crippen molar-refractivity contribution in [3.05, 3.63) is 0 Å². The fourth-order valence-corrected chi connectivity index (χ4v) is 5.38. The van der Waals surface area contributed by atoms with Gasteiger partial charge >= 0.3 is 0 Å². The highest BCUT2D eigenvalue weighted by Crippen LogP contribution is 2.49. The number of sulfone groups is 1. The average molecular weight is 231 g/mol. The largest absolute Gasteiger partial charge is 0.330 e. The predicted molar refractivity (Wildman–Crippen MR) is 61.3 cm³/mol. The van der Waals surface area contributed by atoms with E-state index in [0.29, 0.717) is 24.0 Å². The van der Waals surface area contributed by atoms with Gasteiger partial charge in [0.25, 0.3) is 0 Å². The second-order valence-electron chi connectivity index (χ2n) is 5.51. The Morgan fingerprint density at radius 2 is 2.13 bits per heavy atom. The van der Waals surface area contributed by atoms with Gasteiger partial charge in [-0.15, -0.1) is 0 Å². The molecule has 0 amide bonds. The highest BCUT2D eigenvalue weighted by atomic mass is 32.2. The van der Waals surface area contributed by atoms with Crippen molar-refractivity contribution in [1.82, 2.24) is 0 Å². The second kappa shape index (κ2) is 3.74. The molecule has 1 saturated carbocycles. The topological polar surface area (TPSA) is 60.2 Å². The lowest BCUT2D eigenvalue weighted by atomic mass is 9.73. The molecule has 2 aliphatic rings. The number of hydrogen-bond acceptors (Lipinski definition) is 3. The van der Waals surface area contributed by atoms with Crippen LogP contribution < -0.4 is 5.73 Å². The molecule has 0 aromatic heterocycles. The minimum Gasteiger partial charge on any atom is -0.330 e. The minimum atomic E-state index is -2.75. The lowest BCUT2D eigenvalue weighted by molar-refractivity contribution is 0.190. The van der Waals surface area contributed by atoms with E-state index in [0.717, 1.165) is 25.2 Å². The standard InChI is InChI=1S/C11H21NO2S/c1-9-2-4-11(6-9,8-12)10-3-5-15(13,14)7-10/h9-10H,2-8,12H2,1H3. The highest BCUT2D eigenvalue weighted by molar-refractivity contribution is 7.91. The van der Waals surface area contributed by atoms with E-state index in [2.05, 4.69) is 6.92 Å². The Kier molecular flexibility index (Phi) is 2.84. The number of rotatable bonds is 2. The molecule has 2 rings (SSSR count). The van der Waals surface area contributed by atoms with Crippen LogP contribution in [0.15, 0.2) is 0 Å². The summed E-state index contributed by atoms with van der Waals surface area (Å²) in [5.41, 5.74) is 6.05. The van der Waals surface area contributed by atoms with E-state index in [1.807, 2.05) is 0 Å². The summed E-state index contributed by atoms with van der Waals surface area (Å²) in [6.45, 7) is 2.92. The van der Waals surface area contributed by atoms with Gasteiger partial charge in [0, 0.05) is 0 Å². The first-order valence-electron chi connectivity index (χ1n) is 5.88. The molecule has 4 heteroatoms. The summed E-state index contributed by atoms with van der Waals surface area (Å²) >= 11 is 0. The van der Waals surface area contributed by atoms with E-state index in [9.17, 15) is 8.42 Å². The van der Waals surface area contributed by atoms with Crippen LogP contribution in [0.5, 0.6) is 0 Å². The Bertz CT molecular complexity index is 338. The zero-order chi connectivity index (χ0) is 11.1. The quantitative estimate of drug-likeness (QED) is 0.776. The molecule has 2 N–H and O–H groups in total. The van der Waals surface area contributed by atoms with E-state index in [1.165, 1.54) is 6.42 Å². The third kappa shape index (κ3) is 2.07. The molecule has 1 aliphatic heterocycles. The molecular formula is C11H21NO2S. The second-order valence-corrected chi connectivity index (χ2v) is 7.74. The molecule has 0 radical (unpaired) electrons. The Morgan fingerprint density at radius 1 is 1.40 bits per heavy atom. The van der Waals surface area contributed by atoms with Crippen molar-refractivity contribution < 1.29 is 8.42 Å². The number of nitrogens with two attached hydrogens (primary N) is 1. The molecule has 3 atom stereocenters. The van der Waals surface area contributed by atoms with Gasteiger partial charge in [0.1, 0.15) is 0 Å². The average Bonchev–Trinajstić information content (AvgIpc) is 2.70. The SMILES string of the molecule is CC1CCC(CN)(C2CCS(=O)(=O)C2)C1. The van der Waals surface area contributed by atoms with Gasteiger partial charge in [-0.1, -0.05) is 13.3 Å². The molecule has 88 valence electrons. The van der Waals surface area contributed by atoms with Crippen LogP contribution in [0.3, 0.4) is 0 Å². The van der Waals surface area contributed by atoms with E-state index in [-0.39, 0.29) is 5.41 Å². The molecule has 1 heterocycles. The zero-order valence-corrected chi connectivity index (χ0v) is 10.2. The molecule has 0 spiro atoms. The van der Waals surface area contributed by atoms with E-state index >= 15 is 0 Å². The first-order valence-corrected chi connectivity index (χ1v) is 7.70. The Balaban J connectivity index is 2.15. The third-order valence-corrected chi connectivity index (χ3v) is 6.16. The summed E-state index contributed by atoms with van der Waals surface area (Å²) in [5.74, 6) is 1.82. The van der Waals surface area contributed by atoms with E-state index in [1.54, 1.807) is 0 Å². The van der Waals surface area contributed by atoms with Crippen molar-refractivity contribution >= 4 is 9.84 Å². The smallest absolute Gasteiger partial charge is 0.150 e. The van der Waals surface area contributed by atoms with Crippen molar-refractivity contribution in [2.75, 3.05) is 18.1 Å². The van der Waals surface area contributed by atoms with Gasteiger partial charge in [-0.3, -0.25) is 0 Å². The number of hydrogen-bond donors (Lipinski definition) is 1. The lowest BCUT2D eigenvalue weighted by Crippen LogP contribution is -2.36. The molecule has 1 saturated heterocycles. The van der Waals surface area contributed by atoms with Crippen molar-refractivity contribution in [3.63, 3.8) is 0 Å². The van der Waals surface area contributed by atoms with Gasteiger partial charge in [0.05, 0.1) is 11.5 Å². The van der Waals surface area contributed by atoms with Gasteiger partial charge in [-0.2, -0.15) is 0 Å². The van der Waals surface area contributed by atoms with Gasteiger partial charge in [0.15, 0.2) is 9.84 Å². The first-order chi connectivity index (χ1) is 6.97. The first kappa shape index (κ1) is 11.4. The van der Waals surface area contributed by atoms with Crippen LogP contribution in [0.25, 0.3) is 0 Å². The Hall–Kier alpha value is -0.0900. The summed E-state index contributed by atoms with van der Waals surface area (Å²) in [4.78, 5) is 0. The maximum absolute atomic E-state index is 11.5. The molecule has 1 aliphatic carbocycles. The predicted octanol–water partition coefficient (Wildman–Crippen LogP) is 1.19. The Morgan fingerprint density at radius 3 is 2.53 bits per heavy atom. The molecule has 0 aromatic carbocycles. The molecule has 0 aromatic rings. The molecule has 15 heavy (non-hydrogen) atoms. The summed E-state index contributed by atoms with van der Waals surface area (Å²) in [5, 5.41) is 0. The van der Waals surface area contributed by atoms with Gasteiger partial charge in [-0.05, 0) is 43.1 Å². The molecule has 3 nitrogen and oxygen atoms in total. The van der Waals surface area contributed by atoms with Crippen molar-refractivity contribution in [3.8, 4) is 0 Å². The zero-order valence-electron chi connectivity index (χ0n) is 9.41. The minimum absolute atomic E-state index is 0.142. The van der Waals surface area contributed by atoms with Gasteiger partial charge < -0.3 is 5.73 Å². The maximum atomic E-state index is 11.5. The molecule has 2 fully saturated rings. The van der Waals surface area contributed by atoms with E-state index in [4.69, 9.17) is 5.73 Å². The molecule has 3 unspecified atom stereocenters. The van der Waals surface area contributed by atoms with Crippen LogP contribution in [0.1, 0.15) is 32.6 Å². The van der Waals surface area contributed by atoms with Crippen molar-refractivity contribution in [2.45, 2.75) is 32.6 Å². The highest BCUT2D eigenvalue weighted by Gasteiger charge is 2.46. The van der Waals surface area contributed by atoms with Crippen LogP contribution in [-0.2, 0) is 9.84 Å². The monoisotopic (exact) mass is 231 g/mol. The van der Waals surface area contributed by atoms with Crippen molar-refractivity contribution in [1.29, 1.82) is 0 Å². The lowest BCUT2D eigenvalue weighted by Gasteiger charge is -2.33. The summed E-state index contributed by atoms with van der Waals surface area (Å²) < 4.78 is 23.0. The van der Waals surface area contributed by atoms with Crippen LogP contribution >= 0.6 is 0 Å². The molecular weight excluding hydrogens is 210 g/mol. The van der Waals surface area contributed by atoms with E-state index < -0.39 is 9.84 Å². The normalized spacial score (nSPS) is 44.7. The maximum Gasteiger partial charge on any atom is 0.150 e. The fourth-order valence-electron chi connectivity index (χ4n) is 3.43. The Labute approximate surface area is 92.3 Å². The van der Waals surface area contributed by atoms with Crippen LogP contribution in [0.4, 0.5) is 0 Å². The van der Waals surface area contributed by atoms with Gasteiger partial charge in [-0.25, -0.2) is 8.42 Å². The summed E-state index contributed by atoms with van der Waals surface area (Å²) in [7, 11) is -2.75. The summed E-state index contributed by atoms with van der Waals surface area (Å²) in [6, 6.07) is 0. The van der Waals surface area contributed by atoms with Crippen LogP contribution in [0.2, 0.25) is 0 Å². The van der Waals surface area contributed by atoms with Crippen molar-refractivity contribution in [2.24, 2.45) is 23.0 Å². The summed E-state index contributed by atoms with van der Waals surface area (Å²) in [6.07, 6.45) is 4.31. The third-order valence-electron chi connectivity index (χ3n) is 4.40.